The topological polar surface area (TPSA) is 36.7 Å². The standard InChI is InChI=1S/C15H8ClF3N2/c16-13-3-1-2-10(7-13)6-11(8-20)14-5-4-12(9-21-14)15(17,18)19/h1-7,9H/b11-6+. The van der Waals surface area contributed by atoms with Crippen molar-refractivity contribution in [3.63, 3.8) is 0 Å². The van der Waals surface area contributed by atoms with Crippen LogP contribution in [0.2, 0.25) is 5.02 Å². The summed E-state index contributed by atoms with van der Waals surface area (Å²) in [6, 6.07) is 10.7. The molecule has 0 saturated carbocycles. The Labute approximate surface area is 124 Å². The Kier molecular flexibility index (Phi) is 4.29. The fraction of sp³-hybridized carbons (Fsp3) is 0.0667. The number of halogens is 4. The van der Waals surface area contributed by atoms with E-state index in [-0.39, 0.29) is 11.3 Å². The fourth-order valence-corrected chi connectivity index (χ4v) is 1.85. The Morgan fingerprint density at radius 1 is 1.24 bits per heavy atom. The quantitative estimate of drug-likeness (QED) is 0.746. The smallest absolute Gasteiger partial charge is 0.255 e. The van der Waals surface area contributed by atoms with Crippen LogP contribution in [0.25, 0.3) is 11.6 Å². The lowest BCUT2D eigenvalue weighted by atomic mass is 10.1. The highest BCUT2D eigenvalue weighted by molar-refractivity contribution is 6.30. The van der Waals surface area contributed by atoms with Crippen molar-refractivity contribution >= 4 is 23.3 Å². The average molecular weight is 309 g/mol. The van der Waals surface area contributed by atoms with Gasteiger partial charge in [-0.05, 0) is 35.9 Å². The van der Waals surface area contributed by atoms with Crippen LogP contribution in [0.4, 0.5) is 13.2 Å². The lowest BCUT2D eigenvalue weighted by Gasteiger charge is -2.06. The first-order valence-corrected chi connectivity index (χ1v) is 6.19. The van der Waals surface area contributed by atoms with Crippen LogP contribution in [0, 0.1) is 11.3 Å². The summed E-state index contributed by atoms with van der Waals surface area (Å²) in [5, 5.41) is 9.63. The van der Waals surface area contributed by atoms with Gasteiger partial charge in [0.05, 0.1) is 16.8 Å². The molecule has 0 amide bonds. The summed E-state index contributed by atoms with van der Waals surface area (Å²) in [5.41, 5.74) is 0.142. The van der Waals surface area contributed by atoms with E-state index in [1.165, 1.54) is 12.1 Å². The van der Waals surface area contributed by atoms with E-state index in [2.05, 4.69) is 4.98 Å². The van der Waals surface area contributed by atoms with Crippen LogP contribution in [0.1, 0.15) is 16.8 Å². The SMILES string of the molecule is N#C/C(=C\c1cccc(Cl)c1)c1ccc(C(F)(F)F)cn1. The summed E-state index contributed by atoms with van der Waals surface area (Å²) in [7, 11) is 0. The maximum atomic E-state index is 12.5. The minimum absolute atomic E-state index is 0.158. The largest absolute Gasteiger partial charge is 0.417 e. The van der Waals surface area contributed by atoms with Crippen LogP contribution >= 0.6 is 11.6 Å². The van der Waals surface area contributed by atoms with E-state index in [1.807, 2.05) is 6.07 Å². The predicted octanol–water partition coefficient (Wildman–Crippen LogP) is 4.82. The van der Waals surface area contributed by atoms with E-state index in [9.17, 15) is 13.2 Å². The first-order valence-electron chi connectivity index (χ1n) is 5.81. The Balaban J connectivity index is 2.36. The molecular weight excluding hydrogens is 301 g/mol. The summed E-state index contributed by atoms with van der Waals surface area (Å²) in [5.74, 6) is 0. The first-order chi connectivity index (χ1) is 9.90. The molecule has 106 valence electrons. The first kappa shape index (κ1) is 15.1. The van der Waals surface area contributed by atoms with E-state index in [4.69, 9.17) is 16.9 Å². The summed E-state index contributed by atoms with van der Waals surface area (Å²) in [4.78, 5) is 3.69. The number of allylic oxidation sites excluding steroid dienone is 1. The number of benzene rings is 1. The maximum Gasteiger partial charge on any atom is 0.417 e. The minimum atomic E-state index is -4.45. The Morgan fingerprint density at radius 3 is 2.52 bits per heavy atom. The van der Waals surface area contributed by atoms with Gasteiger partial charge in [0.2, 0.25) is 0 Å². The van der Waals surface area contributed by atoms with Crippen molar-refractivity contribution in [3.8, 4) is 6.07 Å². The van der Waals surface area contributed by atoms with Crippen molar-refractivity contribution < 1.29 is 13.2 Å². The van der Waals surface area contributed by atoms with Crippen LogP contribution in [0.3, 0.4) is 0 Å². The van der Waals surface area contributed by atoms with Crippen LogP contribution in [-0.4, -0.2) is 4.98 Å². The molecule has 1 aromatic heterocycles. The molecule has 2 rings (SSSR count). The predicted molar refractivity (Wildman–Crippen MR) is 74.2 cm³/mol. The van der Waals surface area contributed by atoms with Gasteiger partial charge in [0.15, 0.2) is 0 Å². The van der Waals surface area contributed by atoms with Crippen LogP contribution in [0.15, 0.2) is 42.6 Å². The fourth-order valence-electron chi connectivity index (χ4n) is 1.65. The second-order valence-electron chi connectivity index (χ2n) is 4.15. The summed E-state index contributed by atoms with van der Waals surface area (Å²) in [6.07, 6.45) is -2.23. The van der Waals surface area contributed by atoms with Gasteiger partial charge in [-0.25, -0.2) is 0 Å². The monoisotopic (exact) mass is 308 g/mol. The Bertz CT molecular complexity index is 713. The van der Waals surface area contributed by atoms with Crippen molar-refractivity contribution in [2.24, 2.45) is 0 Å². The number of pyridine rings is 1. The molecule has 0 spiro atoms. The van der Waals surface area contributed by atoms with Gasteiger partial charge in [-0.1, -0.05) is 23.7 Å². The lowest BCUT2D eigenvalue weighted by Crippen LogP contribution is -2.05. The second-order valence-corrected chi connectivity index (χ2v) is 4.59. The van der Waals surface area contributed by atoms with Gasteiger partial charge >= 0.3 is 6.18 Å². The van der Waals surface area contributed by atoms with Crippen molar-refractivity contribution in [1.82, 2.24) is 4.98 Å². The number of alkyl halides is 3. The van der Waals surface area contributed by atoms with Gasteiger partial charge in [-0.15, -0.1) is 0 Å². The molecule has 1 aromatic carbocycles. The molecule has 6 heteroatoms. The molecule has 0 bridgehead atoms. The van der Waals surface area contributed by atoms with Gasteiger partial charge in [-0.3, -0.25) is 4.98 Å². The highest BCUT2D eigenvalue weighted by Gasteiger charge is 2.30. The highest BCUT2D eigenvalue weighted by Crippen LogP contribution is 2.29. The zero-order valence-corrected chi connectivity index (χ0v) is 11.3. The Hall–Kier alpha value is -2.32. The summed E-state index contributed by atoms with van der Waals surface area (Å²) >= 11 is 5.84. The highest BCUT2D eigenvalue weighted by atomic mass is 35.5. The van der Waals surface area contributed by atoms with Crippen LogP contribution < -0.4 is 0 Å². The van der Waals surface area contributed by atoms with E-state index in [0.29, 0.717) is 16.8 Å². The normalized spacial score (nSPS) is 12.0. The average Bonchev–Trinajstić information content (AvgIpc) is 2.44. The molecule has 0 saturated heterocycles. The molecule has 0 aliphatic rings. The van der Waals surface area contributed by atoms with E-state index in [0.717, 1.165) is 6.07 Å². The summed E-state index contributed by atoms with van der Waals surface area (Å²) < 4.78 is 37.4. The van der Waals surface area contributed by atoms with Gasteiger partial charge in [0.1, 0.15) is 6.07 Å². The van der Waals surface area contributed by atoms with E-state index in [1.54, 1.807) is 24.3 Å². The van der Waals surface area contributed by atoms with Crippen molar-refractivity contribution in [2.45, 2.75) is 6.18 Å². The van der Waals surface area contributed by atoms with E-state index < -0.39 is 11.7 Å². The van der Waals surface area contributed by atoms with E-state index >= 15 is 0 Å². The number of hydrogen-bond acceptors (Lipinski definition) is 2. The minimum Gasteiger partial charge on any atom is -0.255 e. The second kappa shape index (κ2) is 5.98. The molecule has 2 nitrogen and oxygen atoms in total. The number of aromatic nitrogens is 1. The molecule has 0 aliphatic heterocycles. The van der Waals surface area contributed by atoms with Gasteiger partial charge < -0.3 is 0 Å². The molecule has 21 heavy (non-hydrogen) atoms. The Morgan fingerprint density at radius 2 is 2.00 bits per heavy atom. The van der Waals surface area contributed by atoms with Gasteiger partial charge in [0.25, 0.3) is 0 Å². The molecule has 0 aliphatic carbocycles. The van der Waals surface area contributed by atoms with Crippen molar-refractivity contribution in [2.75, 3.05) is 0 Å². The zero-order chi connectivity index (χ0) is 15.5. The molecular formula is C15H8ClF3N2. The molecule has 1 heterocycles. The van der Waals surface area contributed by atoms with Crippen molar-refractivity contribution in [3.05, 3.63) is 64.4 Å². The number of hydrogen-bond donors (Lipinski definition) is 0. The maximum absolute atomic E-state index is 12.5. The van der Waals surface area contributed by atoms with Crippen LogP contribution in [-0.2, 0) is 6.18 Å². The number of nitrogens with zero attached hydrogens (tertiary/aromatic N) is 2. The molecule has 0 radical (unpaired) electrons. The lowest BCUT2D eigenvalue weighted by molar-refractivity contribution is -0.137. The third kappa shape index (κ3) is 3.83. The molecule has 2 aromatic rings. The molecule has 0 unspecified atom stereocenters. The zero-order valence-electron chi connectivity index (χ0n) is 10.5. The number of rotatable bonds is 2. The van der Waals surface area contributed by atoms with Crippen LogP contribution in [0.5, 0.6) is 0 Å². The van der Waals surface area contributed by atoms with Crippen molar-refractivity contribution in [1.29, 1.82) is 5.26 Å². The summed E-state index contributed by atoms with van der Waals surface area (Å²) in [6.45, 7) is 0. The van der Waals surface area contributed by atoms with Gasteiger partial charge in [-0.2, -0.15) is 18.4 Å². The third-order valence-electron chi connectivity index (χ3n) is 2.65. The molecule has 0 fully saturated rings. The van der Waals surface area contributed by atoms with Gasteiger partial charge in [0, 0.05) is 11.2 Å². The molecule has 0 atom stereocenters. The molecule has 0 N–H and O–H groups in total. The number of nitriles is 1. The third-order valence-corrected chi connectivity index (χ3v) is 2.88.